The van der Waals surface area contributed by atoms with Crippen LogP contribution in [0.25, 0.3) is 0 Å². The molecule has 0 amide bonds. The van der Waals surface area contributed by atoms with Gasteiger partial charge >= 0.3 is 0 Å². The molecule has 0 bridgehead atoms. The van der Waals surface area contributed by atoms with Crippen LogP contribution in [0.4, 0.5) is 0 Å². The standard InChI is InChI=1S/C22H31NO2S2/c1-3-4-5-7-10-20(17-18-26-21-11-8-6-9-12-21)23-27(24,25)22-15-13-19(2)14-16-22/h6,8-9,11-16,20,23H,3-5,7,10,17-18H2,1-2H3/t20-/m1/s1. The minimum absolute atomic E-state index is 0.0237. The van der Waals surface area contributed by atoms with E-state index in [2.05, 4.69) is 23.8 Å². The number of benzene rings is 2. The van der Waals surface area contributed by atoms with Crippen LogP contribution in [0.2, 0.25) is 0 Å². The number of hydrogen-bond donors (Lipinski definition) is 1. The van der Waals surface area contributed by atoms with Crippen LogP contribution in [-0.4, -0.2) is 20.2 Å². The maximum Gasteiger partial charge on any atom is 0.240 e. The molecule has 3 nitrogen and oxygen atoms in total. The van der Waals surface area contributed by atoms with Crippen LogP contribution in [0.15, 0.2) is 64.4 Å². The second-order valence-electron chi connectivity index (χ2n) is 6.93. The highest BCUT2D eigenvalue weighted by Crippen LogP contribution is 2.21. The number of rotatable bonds is 12. The zero-order valence-electron chi connectivity index (χ0n) is 16.4. The second-order valence-corrected chi connectivity index (χ2v) is 9.81. The summed E-state index contributed by atoms with van der Waals surface area (Å²) in [7, 11) is -3.47. The molecule has 27 heavy (non-hydrogen) atoms. The van der Waals surface area contributed by atoms with Crippen LogP contribution >= 0.6 is 11.8 Å². The first-order valence-electron chi connectivity index (χ1n) is 9.78. The first kappa shape index (κ1) is 22.0. The predicted molar refractivity (Wildman–Crippen MR) is 116 cm³/mol. The van der Waals surface area contributed by atoms with Crippen LogP contribution in [0.1, 0.15) is 51.0 Å². The van der Waals surface area contributed by atoms with Gasteiger partial charge in [-0.3, -0.25) is 0 Å². The Hall–Kier alpha value is -1.30. The lowest BCUT2D eigenvalue weighted by atomic mass is 10.1. The summed E-state index contributed by atoms with van der Waals surface area (Å²) in [6, 6.07) is 17.3. The average molecular weight is 406 g/mol. The molecule has 0 saturated heterocycles. The molecular formula is C22H31NO2S2. The Morgan fingerprint density at radius 3 is 2.30 bits per heavy atom. The lowest BCUT2D eigenvalue weighted by Crippen LogP contribution is -2.35. The predicted octanol–water partition coefficient (Wildman–Crippen LogP) is 5.79. The van der Waals surface area contributed by atoms with Crippen molar-refractivity contribution in [3.63, 3.8) is 0 Å². The van der Waals surface area contributed by atoms with Crippen LogP contribution in [-0.2, 0) is 10.0 Å². The Kier molecular flexibility index (Phi) is 9.39. The largest absolute Gasteiger partial charge is 0.240 e. The first-order chi connectivity index (χ1) is 13.0. The highest BCUT2D eigenvalue weighted by atomic mass is 32.2. The van der Waals surface area contributed by atoms with Crippen molar-refractivity contribution in [2.45, 2.75) is 68.2 Å². The van der Waals surface area contributed by atoms with Crippen molar-refractivity contribution in [3.8, 4) is 0 Å². The summed E-state index contributed by atoms with van der Waals surface area (Å²) in [6.07, 6.45) is 6.33. The first-order valence-corrected chi connectivity index (χ1v) is 12.2. The van der Waals surface area contributed by atoms with E-state index >= 15 is 0 Å². The van der Waals surface area contributed by atoms with Gasteiger partial charge in [0.2, 0.25) is 10.0 Å². The van der Waals surface area contributed by atoms with E-state index in [4.69, 9.17) is 0 Å². The Labute approximate surface area is 169 Å². The van der Waals surface area contributed by atoms with E-state index in [1.807, 2.05) is 37.3 Å². The fourth-order valence-corrected chi connectivity index (χ4v) is 5.21. The number of nitrogens with one attached hydrogen (secondary N) is 1. The molecule has 0 spiro atoms. The third-order valence-electron chi connectivity index (χ3n) is 4.54. The van der Waals surface area contributed by atoms with Gasteiger partial charge in [-0.2, -0.15) is 0 Å². The van der Waals surface area contributed by atoms with Crippen molar-refractivity contribution in [3.05, 3.63) is 60.2 Å². The average Bonchev–Trinajstić information content (AvgIpc) is 2.66. The van der Waals surface area contributed by atoms with E-state index in [1.165, 1.54) is 17.7 Å². The molecular weight excluding hydrogens is 374 g/mol. The van der Waals surface area contributed by atoms with Crippen molar-refractivity contribution < 1.29 is 8.42 Å². The summed E-state index contributed by atoms with van der Waals surface area (Å²) in [5.41, 5.74) is 1.06. The molecule has 0 unspecified atom stereocenters. The highest BCUT2D eigenvalue weighted by molar-refractivity contribution is 7.99. The maximum absolute atomic E-state index is 12.8. The summed E-state index contributed by atoms with van der Waals surface area (Å²) in [6.45, 7) is 4.15. The van der Waals surface area contributed by atoms with E-state index in [9.17, 15) is 8.42 Å². The molecule has 0 aliphatic rings. The summed E-state index contributed by atoms with van der Waals surface area (Å²) < 4.78 is 28.5. The molecule has 0 saturated carbocycles. The molecule has 2 aromatic carbocycles. The SMILES string of the molecule is CCCCCC[C@H](CCSc1ccccc1)NS(=O)(=O)c1ccc(C)cc1. The van der Waals surface area contributed by atoms with E-state index < -0.39 is 10.0 Å². The monoisotopic (exact) mass is 405 g/mol. The summed E-state index contributed by atoms with van der Waals surface area (Å²) >= 11 is 1.78. The maximum atomic E-state index is 12.8. The molecule has 2 aromatic rings. The van der Waals surface area contributed by atoms with Gasteiger partial charge in [-0.1, -0.05) is 68.5 Å². The molecule has 148 valence electrons. The van der Waals surface area contributed by atoms with Crippen molar-refractivity contribution in [2.75, 3.05) is 5.75 Å². The summed E-state index contributed by atoms with van der Waals surface area (Å²) in [4.78, 5) is 1.57. The van der Waals surface area contributed by atoms with Gasteiger partial charge in [0.25, 0.3) is 0 Å². The van der Waals surface area contributed by atoms with Gasteiger partial charge in [-0.25, -0.2) is 13.1 Å². The van der Waals surface area contributed by atoms with Gasteiger partial charge in [0, 0.05) is 10.9 Å². The molecule has 0 radical (unpaired) electrons. The zero-order valence-corrected chi connectivity index (χ0v) is 18.0. The van der Waals surface area contributed by atoms with E-state index in [0.717, 1.165) is 37.0 Å². The quantitative estimate of drug-likeness (QED) is 0.359. The van der Waals surface area contributed by atoms with Crippen LogP contribution < -0.4 is 4.72 Å². The van der Waals surface area contributed by atoms with Crippen LogP contribution in [0.3, 0.4) is 0 Å². The fraction of sp³-hybridized carbons (Fsp3) is 0.455. The van der Waals surface area contributed by atoms with Crippen molar-refractivity contribution in [1.82, 2.24) is 4.72 Å². The molecule has 0 aliphatic heterocycles. The molecule has 2 rings (SSSR count). The van der Waals surface area contributed by atoms with Gasteiger partial charge in [-0.15, -0.1) is 11.8 Å². The smallest absolute Gasteiger partial charge is 0.208 e. The third-order valence-corrected chi connectivity index (χ3v) is 7.12. The Bertz CT molecular complexity index is 759. The minimum atomic E-state index is -3.47. The summed E-state index contributed by atoms with van der Waals surface area (Å²) in [5, 5.41) is 0. The Morgan fingerprint density at radius 2 is 1.63 bits per heavy atom. The highest BCUT2D eigenvalue weighted by Gasteiger charge is 2.19. The molecule has 0 heterocycles. The van der Waals surface area contributed by atoms with Crippen LogP contribution in [0, 0.1) is 6.92 Å². The third kappa shape index (κ3) is 8.08. The number of thioether (sulfide) groups is 1. The van der Waals surface area contributed by atoms with Gasteiger partial charge in [-0.05, 0) is 49.8 Å². The van der Waals surface area contributed by atoms with Gasteiger partial charge < -0.3 is 0 Å². The van der Waals surface area contributed by atoms with Crippen molar-refractivity contribution >= 4 is 21.8 Å². The normalized spacial score (nSPS) is 12.8. The molecule has 0 aliphatic carbocycles. The Morgan fingerprint density at radius 1 is 0.926 bits per heavy atom. The molecule has 0 fully saturated rings. The number of sulfonamides is 1. The Balaban J connectivity index is 1.96. The van der Waals surface area contributed by atoms with Gasteiger partial charge in [0.15, 0.2) is 0 Å². The second kappa shape index (κ2) is 11.5. The van der Waals surface area contributed by atoms with Crippen molar-refractivity contribution in [2.24, 2.45) is 0 Å². The topological polar surface area (TPSA) is 46.2 Å². The number of hydrogen-bond acceptors (Lipinski definition) is 3. The molecule has 1 N–H and O–H groups in total. The van der Waals surface area contributed by atoms with E-state index in [1.54, 1.807) is 23.9 Å². The molecule has 1 atom stereocenters. The van der Waals surface area contributed by atoms with Crippen LogP contribution in [0.5, 0.6) is 0 Å². The number of aryl methyl sites for hydroxylation is 1. The van der Waals surface area contributed by atoms with Crippen molar-refractivity contribution in [1.29, 1.82) is 0 Å². The van der Waals surface area contributed by atoms with Gasteiger partial charge in [0.05, 0.1) is 4.90 Å². The molecule has 0 aromatic heterocycles. The van der Waals surface area contributed by atoms with E-state index in [0.29, 0.717) is 4.90 Å². The minimum Gasteiger partial charge on any atom is -0.208 e. The lowest BCUT2D eigenvalue weighted by molar-refractivity contribution is 0.492. The van der Waals surface area contributed by atoms with Gasteiger partial charge in [0.1, 0.15) is 0 Å². The summed E-state index contributed by atoms with van der Waals surface area (Å²) in [5.74, 6) is 0.902. The zero-order chi connectivity index (χ0) is 19.5. The molecule has 5 heteroatoms. The lowest BCUT2D eigenvalue weighted by Gasteiger charge is -2.19. The fourth-order valence-electron chi connectivity index (χ4n) is 2.92. The van der Waals surface area contributed by atoms with E-state index in [-0.39, 0.29) is 6.04 Å². The number of unbranched alkanes of at least 4 members (excludes halogenated alkanes) is 3.